The first-order valence-electron chi connectivity index (χ1n) is 6.66. The van der Waals surface area contributed by atoms with Crippen LogP contribution in [-0.4, -0.2) is 33.2 Å². The van der Waals surface area contributed by atoms with Gasteiger partial charge in [0.2, 0.25) is 15.9 Å². The van der Waals surface area contributed by atoms with E-state index in [9.17, 15) is 13.2 Å². The smallest absolute Gasteiger partial charge is 0.240 e. The Bertz CT molecular complexity index is 529. The van der Waals surface area contributed by atoms with Gasteiger partial charge in [0.15, 0.2) is 0 Å². The lowest BCUT2D eigenvalue weighted by atomic mass is 10.2. The Morgan fingerprint density at radius 3 is 2.40 bits per heavy atom. The summed E-state index contributed by atoms with van der Waals surface area (Å²) in [6.07, 6.45) is 2.94. The molecule has 1 atom stereocenters. The van der Waals surface area contributed by atoms with E-state index in [1.54, 1.807) is 30.3 Å². The van der Waals surface area contributed by atoms with Crippen LogP contribution in [0.1, 0.15) is 26.7 Å². The predicted octanol–water partition coefficient (Wildman–Crippen LogP) is 1.76. The molecular weight excluding hydrogens is 276 g/mol. The van der Waals surface area contributed by atoms with Crippen molar-refractivity contribution in [2.24, 2.45) is 0 Å². The van der Waals surface area contributed by atoms with Crippen LogP contribution in [0.5, 0.6) is 0 Å². The lowest BCUT2D eigenvalue weighted by Gasteiger charge is -2.23. The second-order valence-corrected chi connectivity index (χ2v) is 6.77. The predicted molar refractivity (Wildman–Crippen MR) is 81.1 cm³/mol. The Balaban J connectivity index is 2.80. The van der Waals surface area contributed by atoms with Gasteiger partial charge in [0.05, 0.1) is 11.9 Å². The number of nitrogens with zero attached hydrogens (tertiary/aromatic N) is 1. The average Bonchev–Trinajstić information content (AvgIpc) is 2.36. The highest BCUT2D eigenvalue weighted by atomic mass is 32.2. The number of amides is 1. The SMILES string of the molecule is CCC[C@H](C)NC(=O)CN(c1ccccc1)S(C)(=O)=O. The van der Waals surface area contributed by atoms with E-state index in [0.29, 0.717) is 5.69 Å². The second-order valence-electron chi connectivity index (χ2n) is 4.86. The van der Waals surface area contributed by atoms with Crippen LogP contribution in [0.15, 0.2) is 30.3 Å². The minimum absolute atomic E-state index is 0.0460. The number of carbonyl (C=O) groups is 1. The van der Waals surface area contributed by atoms with E-state index in [2.05, 4.69) is 5.32 Å². The van der Waals surface area contributed by atoms with E-state index in [0.717, 1.165) is 23.4 Å². The number of anilines is 1. The summed E-state index contributed by atoms with van der Waals surface area (Å²) in [4.78, 5) is 11.9. The topological polar surface area (TPSA) is 66.5 Å². The molecule has 0 fully saturated rings. The van der Waals surface area contributed by atoms with Gasteiger partial charge in [-0.2, -0.15) is 0 Å². The molecule has 0 aliphatic rings. The number of benzene rings is 1. The van der Waals surface area contributed by atoms with Gasteiger partial charge in [-0.3, -0.25) is 9.10 Å². The third-order valence-corrected chi connectivity index (χ3v) is 4.00. The van der Waals surface area contributed by atoms with Crippen LogP contribution in [0.25, 0.3) is 0 Å². The lowest BCUT2D eigenvalue weighted by molar-refractivity contribution is -0.120. The quantitative estimate of drug-likeness (QED) is 0.834. The zero-order chi connectivity index (χ0) is 15.2. The maximum Gasteiger partial charge on any atom is 0.240 e. The molecule has 0 aromatic heterocycles. The fourth-order valence-electron chi connectivity index (χ4n) is 1.95. The van der Waals surface area contributed by atoms with Crippen molar-refractivity contribution in [2.75, 3.05) is 17.1 Å². The van der Waals surface area contributed by atoms with E-state index >= 15 is 0 Å². The highest BCUT2D eigenvalue weighted by Crippen LogP contribution is 2.16. The highest BCUT2D eigenvalue weighted by Gasteiger charge is 2.21. The van der Waals surface area contributed by atoms with Gasteiger partial charge in [-0.1, -0.05) is 31.5 Å². The Hall–Kier alpha value is -1.56. The van der Waals surface area contributed by atoms with Crippen LogP contribution in [0, 0.1) is 0 Å². The first-order chi connectivity index (χ1) is 9.34. The molecule has 1 amide bonds. The van der Waals surface area contributed by atoms with Gasteiger partial charge < -0.3 is 5.32 Å². The van der Waals surface area contributed by atoms with Gasteiger partial charge in [0, 0.05) is 6.04 Å². The summed E-state index contributed by atoms with van der Waals surface area (Å²) < 4.78 is 24.8. The minimum Gasteiger partial charge on any atom is -0.352 e. The monoisotopic (exact) mass is 298 g/mol. The van der Waals surface area contributed by atoms with E-state index in [-0.39, 0.29) is 18.5 Å². The molecule has 0 heterocycles. The number of carbonyl (C=O) groups excluding carboxylic acids is 1. The maximum absolute atomic E-state index is 11.9. The molecule has 0 radical (unpaired) electrons. The van der Waals surface area contributed by atoms with Crippen LogP contribution in [0.4, 0.5) is 5.69 Å². The summed E-state index contributed by atoms with van der Waals surface area (Å²) in [6.45, 7) is 3.75. The summed E-state index contributed by atoms with van der Waals surface area (Å²) in [6, 6.07) is 8.67. The van der Waals surface area contributed by atoms with Crippen LogP contribution in [-0.2, 0) is 14.8 Å². The van der Waals surface area contributed by atoms with Crippen molar-refractivity contribution in [3.8, 4) is 0 Å². The van der Waals surface area contributed by atoms with E-state index in [1.165, 1.54) is 0 Å². The normalized spacial score (nSPS) is 12.8. The molecule has 0 unspecified atom stereocenters. The minimum atomic E-state index is -3.49. The van der Waals surface area contributed by atoms with Crippen molar-refractivity contribution in [3.63, 3.8) is 0 Å². The number of hydrogen-bond donors (Lipinski definition) is 1. The maximum atomic E-state index is 11.9. The average molecular weight is 298 g/mol. The molecule has 1 aromatic rings. The van der Waals surface area contributed by atoms with Crippen molar-refractivity contribution >= 4 is 21.6 Å². The lowest BCUT2D eigenvalue weighted by Crippen LogP contribution is -2.43. The highest BCUT2D eigenvalue weighted by molar-refractivity contribution is 7.92. The first kappa shape index (κ1) is 16.5. The number of nitrogens with one attached hydrogen (secondary N) is 1. The molecule has 0 bridgehead atoms. The third kappa shape index (κ3) is 5.21. The molecule has 0 aliphatic heterocycles. The fraction of sp³-hybridized carbons (Fsp3) is 0.500. The van der Waals surface area contributed by atoms with E-state index < -0.39 is 10.0 Å². The summed E-state index contributed by atoms with van der Waals surface area (Å²) >= 11 is 0. The molecular formula is C14H22N2O3S. The molecule has 1 aromatic carbocycles. The van der Waals surface area contributed by atoms with Gasteiger partial charge in [-0.05, 0) is 25.5 Å². The summed E-state index contributed by atoms with van der Waals surface area (Å²) in [5.41, 5.74) is 0.494. The molecule has 0 spiro atoms. The van der Waals surface area contributed by atoms with Gasteiger partial charge in [-0.15, -0.1) is 0 Å². The Labute approximate surface area is 121 Å². The van der Waals surface area contributed by atoms with Crippen LogP contribution in [0.2, 0.25) is 0 Å². The van der Waals surface area contributed by atoms with Crippen molar-refractivity contribution in [3.05, 3.63) is 30.3 Å². The van der Waals surface area contributed by atoms with Gasteiger partial charge in [-0.25, -0.2) is 8.42 Å². The third-order valence-electron chi connectivity index (χ3n) is 2.86. The summed E-state index contributed by atoms with van der Waals surface area (Å²) in [5, 5.41) is 2.81. The van der Waals surface area contributed by atoms with Gasteiger partial charge >= 0.3 is 0 Å². The van der Waals surface area contributed by atoms with Crippen molar-refractivity contribution in [2.45, 2.75) is 32.7 Å². The molecule has 0 saturated heterocycles. The van der Waals surface area contributed by atoms with E-state index in [4.69, 9.17) is 0 Å². The largest absolute Gasteiger partial charge is 0.352 e. The number of sulfonamides is 1. The first-order valence-corrected chi connectivity index (χ1v) is 8.51. The Morgan fingerprint density at radius 1 is 1.30 bits per heavy atom. The van der Waals surface area contributed by atoms with Crippen LogP contribution in [0.3, 0.4) is 0 Å². The molecule has 0 aliphatic carbocycles. The standard InChI is InChI=1S/C14H22N2O3S/c1-4-8-12(2)15-14(17)11-16(20(3,18)19)13-9-6-5-7-10-13/h5-7,9-10,12H,4,8,11H2,1-3H3,(H,15,17)/t12-/m0/s1. The number of hydrogen-bond acceptors (Lipinski definition) is 3. The Morgan fingerprint density at radius 2 is 1.90 bits per heavy atom. The molecule has 1 N–H and O–H groups in total. The number of para-hydroxylation sites is 1. The van der Waals surface area contributed by atoms with Crippen molar-refractivity contribution in [1.29, 1.82) is 0 Å². The molecule has 6 heteroatoms. The molecule has 112 valence electrons. The van der Waals surface area contributed by atoms with Crippen LogP contribution < -0.4 is 9.62 Å². The molecule has 0 saturated carbocycles. The number of rotatable bonds is 7. The second kappa shape index (κ2) is 7.28. The Kier molecular flexibility index (Phi) is 6.01. The molecule has 5 nitrogen and oxygen atoms in total. The van der Waals surface area contributed by atoms with Gasteiger partial charge in [0.1, 0.15) is 6.54 Å². The molecule has 1 rings (SSSR count). The van der Waals surface area contributed by atoms with E-state index in [1.807, 2.05) is 13.8 Å². The van der Waals surface area contributed by atoms with Crippen LogP contribution >= 0.6 is 0 Å². The zero-order valence-electron chi connectivity index (χ0n) is 12.2. The van der Waals surface area contributed by atoms with Crippen molar-refractivity contribution in [1.82, 2.24) is 5.32 Å². The summed E-state index contributed by atoms with van der Waals surface area (Å²) in [7, 11) is -3.49. The summed E-state index contributed by atoms with van der Waals surface area (Å²) in [5.74, 6) is -0.291. The zero-order valence-corrected chi connectivity index (χ0v) is 13.0. The fourth-order valence-corrected chi connectivity index (χ4v) is 2.81. The molecule has 20 heavy (non-hydrogen) atoms. The van der Waals surface area contributed by atoms with Crippen molar-refractivity contribution < 1.29 is 13.2 Å². The van der Waals surface area contributed by atoms with Gasteiger partial charge in [0.25, 0.3) is 0 Å².